The molecule has 1 amide bonds. The Morgan fingerprint density at radius 2 is 1.84 bits per heavy atom. The predicted molar refractivity (Wildman–Crippen MR) is 129 cm³/mol. The number of hydrogen-bond acceptors (Lipinski definition) is 3. The molecule has 1 spiro atoms. The van der Waals surface area contributed by atoms with Gasteiger partial charge in [0.25, 0.3) is 0 Å². The number of rotatable bonds is 4. The molecule has 3 aliphatic heterocycles. The average Bonchev–Trinajstić information content (AvgIpc) is 3.23. The zero-order chi connectivity index (χ0) is 22.0. The largest absolute Gasteiger partial charge is 0.381 e. The predicted octanol–water partition coefficient (Wildman–Crippen LogP) is 5.02. The summed E-state index contributed by atoms with van der Waals surface area (Å²) in [5, 5.41) is 0. The Morgan fingerprint density at radius 1 is 1.03 bits per heavy atom. The number of nitrogens with zero attached hydrogens (tertiary/aromatic N) is 2. The summed E-state index contributed by atoms with van der Waals surface area (Å²) < 4.78 is 5.74. The van der Waals surface area contributed by atoms with E-state index in [1.54, 1.807) is 0 Å². The van der Waals surface area contributed by atoms with Gasteiger partial charge in [0, 0.05) is 32.8 Å². The third-order valence-electron chi connectivity index (χ3n) is 9.13. The highest BCUT2D eigenvalue weighted by atomic mass is 16.5. The molecular formula is C28H42N2O2. The first-order valence-electron chi connectivity index (χ1n) is 13.2. The molecule has 1 aromatic carbocycles. The second kappa shape index (κ2) is 9.46. The van der Waals surface area contributed by atoms with Gasteiger partial charge in [0.1, 0.15) is 0 Å². The molecule has 0 aromatic heterocycles. The number of amides is 1. The van der Waals surface area contributed by atoms with Crippen molar-refractivity contribution < 1.29 is 9.53 Å². The third kappa shape index (κ3) is 4.63. The molecule has 0 bridgehead atoms. The highest BCUT2D eigenvalue weighted by Crippen LogP contribution is 2.46. The molecule has 176 valence electrons. The molecule has 4 fully saturated rings. The summed E-state index contributed by atoms with van der Waals surface area (Å²) in [4.78, 5) is 18.8. The van der Waals surface area contributed by atoms with Crippen molar-refractivity contribution in [1.29, 1.82) is 0 Å². The number of ether oxygens (including phenoxy) is 1. The Bertz CT molecular complexity index is 794. The van der Waals surface area contributed by atoms with Crippen molar-refractivity contribution in [3.63, 3.8) is 0 Å². The smallest absolute Gasteiger partial charge is 0.229 e. The van der Waals surface area contributed by atoms with Gasteiger partial charge in [0.2, 0.25) is 5.91 Å². The number of benzene rings is 1. The van der Waals surface area contributed by atoms with Crippen LogP contribution < -0.4 is 0 Å². The molecule has 0 N–H and O–H groups in total. The van der Waals surface area contributed by atoms with Gasteiger partial charge in [-0.15, -0.1) is 0 Å². The van der Waals surface area contributed by atoms with E-state index < -0.39 is 0 Å². The van der Waals surface area contributed by atoms with E-state index in [0.717, 1.165) is 52.1 Å². The van der Waals surface area contributed by atoms with Crippen LogP contribution >= 0.6 is 0 Å². The Labute approximate surface area is 194 Å². The second-order valence-corrected chi connectivity index (χ2v) is 11.5. The van der Waals surface area contributed by atoms with Crippen molar-refractivity contribution in [2.24, 2.45) is 10.8 Å². The van der Waals surface area contributed by atoms with Gasteiger partial charge in [0.15, 0.2) is 0 Å². The van der Waals surface area contributed by atoms with Crippen LogP contribution in [-0.2, 0) is 16.0 Å². The lowest BCUT2D eigenvalue weighted by Crippen LogP contribution is -2.48. The van der Waals surface area contributed by atoms with Crippen LogP contribution in [0.3, 0.4) is 0 Å². The summed E-state index contributed by atoms with van der Waals surface area (Å²) in [7, 11) is 2.24. The first kappa shape index (κ1) is 22.4. The zero-order valence-electron chi connectivity index (χ0n) is 20.1. The van der Waals surface area contributed by atoms with Crippen molar-refractivity contribution in [2.45, 2.75) is 76.5 Å². The molecule has 3 heterocycles. The van der Waals surface area contributed by atoms with Crippen LogP contribution in [0.15, 0.2) is 24.3 Å². The maximum absolute atomic E-state index is 14.0. The molecule has 1 aromatic rings. The minimum Gasteiger partial charge on any atom is -0.381 e. The molecule has 0 unspecified atom stereocenters. The second-order valence-electron chi connectivity index (χ2n) is 11.5. The van der Waals surface area contributed by atoms with Gasteiger partial charge >= 0.3 is 0 Å². The lowest BCUT2D eigenvalue weighted by atomic mass is 9.72. The summed E-state index contributed by atoms with van der Waals surface area (Å²) in [6.07, 6.45) is 13.1. The van der Waals surface area contributed by atoms with Crippen molar-refractivity contribution >= 4 is 5.91 Å². The third-order valence-corrected chi connectivity index (χ3v) is 9.13. The number of carbonyl (C=O) groups excluding carboxylic acids is 1. The molecule has 4 heteroatoms. The van der Waals surface area contributed by atoms with Crippen molar-refractivity contribution in [1.82, 2.24) is 9.80 Å². The van der Waals surface area contributed by atoms with Gasteiger partial charge in [0.05, 0.1) is 5.41 Å². The van der Waals surface area contributed by atoms with Gasteiger partial charge < -0.3 is 14.5 Å². The lowest BCUT2D eigenvalue weighted by molar-refractivity contribution is -0.147. The van der Waals surface area contributed by atoms with Crippen LogP contribution in [0.2, 0.25) is 0 Å². The summed E-state index contributed by atoms with van der Waals surface area (Å²) in [5.41, 5.74) is 2.96. The normalized spacial score (nSPS) is 28.2. The van der Waals surface area contributed by atoms with Gasteiger partial charge in [-0.1, -0.05) is 43.5 Å². The fourth-order valence-electron chi connectivity index (χ4n) is 7.17. The number of likely N-dealkylation sites (N-methyl/N-ethyl adjacent to an activating group) is 1. The van der Waals surface area contributed by atoms with Crippen molar-refractivity contribution in [3.05, 3.63) is 35.4 Å². The molecular weight excluding hydrogens is 396 g/mol. The average molecular weight is 439 g/mol. The first-order valence-corrected chi connectivity index (χ1v) is 13.2. The molecule has 4 aliphatic rings. The van der Waals surface area contributed by atoms with E-state index in [-0.39, 0.29) is 5.41 Å². The Hall–Kier alpha value is -1.39. The van der Waals surface area contributed by atoms with Crippen LogP contribution in [0.5, 0.6) is 0 Å². The molecule has 0 radical (unpaired) electrons. The van der Waals surface area contributed by atoms with E-state index in [9.17, 15) is 4.79 Å². The quantitative estimate of drug-likeness (QED) is 0.662. The van der Waals surface area contributed by atoms with E-state index in [0.29, 0.717) is 17.2 Å². The fraction of sp³-hybridized carbons (Fsp3) is 0.750. The van der Waals surface area contributed by atoms with E-state index in [1.165, 1.54) is 69.0 Å². The molecule has 5 rings (SSSR count). The van der Waals surface area contributed by atoms with E-state index in [2.05, 4.69) is 41.1 Å². The minimum absolute atomic E-state index is 0.277. The minimum atomic E-state index is -0.277. The molecule has 32 heavy (non-hydrogen) atoms. The molecule has 1 saturated carbocycles. The Kier molecular flexibility index (Phi) is 6.63. The lowest BCUT2D eigenvalue weighted by Gasteiger charge is -2.40. The SMILES string of the molecule is CN1CCC[C@H](c2cccc(CC3(C(=O)N4CCC5(CCCCC5)C4)CCOCC3)c2)C1. The van der Waals surface area contributed by atoms with E-state index in [1.807, 2.05) is 0 Å². The number of carbonyl (C=O) groups is 1. The van der Waals surface area contributed by atoms with Crippen LogP contribution in [-0.4, -0.2) is 62.1 Å². The van der Waals surface area contributed by atoms with E-state index >= 15 is 0 Å². The molecule has 3 saturated heterocycles. The molecule has 4 nitrogen and oxygen atoms in total. The zero-order valence-corrected chi connectivity index (χ0v) is 20.1. The topological polar surface area (TPSA) is 32.8 Å². The standard InChI is InChI=1S/C28H42N2O2/c1-29-15-6-9-25(21-29)24-8-5-7-23(19-24)20-28(13-17-32-18-14-28)26(31)30-16-12-27(22-30)10-3-2-4-11-27/h5,7-8,19,25H,2-4,6,9-18,20-22H2,1H3/t25-/m0/s1. The van der Waals surface area contributed by atoms with Crippen LogP contribution in [0.1, 0.15) is 81.3 Å². The maximum Gasteiger partial charge on any atom is 0.229 e. The molecule has 1 aliphatic carbocycles. The van der Waals surface area contributed by atoms with Gasteiger partial charge in [-0.2, -0.15) is 0 Å². The molecule has 1 atom stereocenters. The Morgan fingerprint density at radius 3 is 2.62 bits per heavy atom. The Balaban J connectivity index is 1.33. The van der Waals surface area contributed by atoms with E-state index in [4.69, 9.17) is 4.74 Å². The highest BCUT2D eigenvalue weighted by molar-refractivity contribution is 5.83. The van der Waals surface area contributed by atoms with Crippen molar-refractivity contribution in [3.8, 4) is 0 Å². The van der Waals surface area contributed by atoms with Crippen LogP contribution in [0.4, 0.5) is 0 Å². The summed E-state index contributed by atoms with van der Waals surface area (Å²) >= 11 is 0. The first-order chi connectivity index (χ1) is 15.6. The van der Waals surface area contributed by atoms with Crippen molar-refractivity contribution in [2.75, 3.05) is 46.4 Å². The van der Waals surface area contributed by atoms with Crippen LogP contribution in [0, 0.1) is 10.8 Å². The number of piperidine rings is 1. The van der Waals surface area contributed by atoms with Gasteiger partial charge in [-0.05, 0) is 87.4 Å². The van der Waals surface area contributed by atoms with Gasteiger partial charge in [-0.25, -0.2) is 0 Å². The fourth-order valence-corrected chi connectivity index (χ4v) is 7.17. The van der Waals surface area contributed by atoms with Crippen LogP contribution in [0.25, 0.3) is 0 Å². The number of hydrogen-bond donors (Lipinski definition) is 0. The summed E-state index contributed by atoms with van der Waals surface area (Å²) in [5.74, 6) is 1.05. The summed E-state index contributed by atoms with van der Waals surface area (Å²) in [6, 6.07) is 9.21. The maximum atomic E-state index is 14.0. The monoisotopic (exact) mass is 438 g/mol. The van der Waals surface area contributed by atoms with Gasteiger partial charge in [-0.3, -0.25) is 4.79 Å². The summed E-state index contributed by atoms with van der Waals surface area (Å²) in [6.45, 7) is 5.77. The number of likely N-dealkylation sites (tertiary alicyclic amines) is 2. The highest BCUT2D eigenvalue weighted by Gasteiger charge is 2.47.